The van der Waals surface area contributed by atoms with Gasteiger partial charge in [0.05, 0.1) is 0 Å². The number of aromatic hydroxyl groups is 3. The van der Waals surface area contributed by atoms with Gasteiger partial charge in [-0.05, 0) is 35.4 Å². The molecule has 3 N–H and O–H groups in total. The Morgan fingerprint density at radius 1 is 0.500 bits per heavy atom. The smallest absolute Gasteiger partial charge is 0.119 e. The van der Waals surface area contributed by atoms with Crippen LogP contribution in [0.5, 0.6) is 17.2 Å². The van der Waals surface area contributed by atoms with E-state index in [0.717, 1.165) is 11.1 Å². The van der Waals surface area contributed by atoms with E-state index in [9.17, 15) is 10.2 Å². The Kier molecular flexibility index (Phi) is 5.44. The normalized spacial score (nSPS) is 9.64. The molecule has 0 aromatic heterocycles. The topological polar surface area (TPSA) is 60.7 Å². The first kappa shape index (κ1) is 15.4. The van der Waals surface area contributed by atoms with Gasteiger partial charge in [0.1, 0.15) is 17.2 Å². The molecule has 0 aliphatic carbocycles. The van der Waals surface area contributed by atoms with E-state index in [1.165, 1.54) is 0 Å². The van der Waals surface area contributed by atoms with Crippen molar-refractivity contribution in [1.29, 1.82) is 0 Å². The lowest BCUT2D eigenvalue weighted by atomic mass is 10.0. The van der Waals surface area contributed by atoms with Crippen LogP contribution >= 0.6 is 0 Å². The second-order valence-electron chi connectivity index (χ2n) is 4.77. The standard InChI is InChI=1S/C13H12O2.C6H6O/c14-12-7-3-1-5-10(12)9-11-6-2-4-8-13(11)15;7-6-4-2-1-3-5-6/h1-8,14-15H,9H2;1-5,7H. The van der Waals surface area contributed by atoms with Crippen molar-refractivity contribution in [3.05, 3.63) is 90.0 Å². The quantitative estimate of drug-likeness (QED) is 0.667. The van der Waals surface area contributed by atoms with Crippen molar-refractivity contribution in [3.8, 4) is 17.2 Å². The van der Waals surface area contributed by atoms with Crippen molar-refractivity contribution < 1.29 is 15.3 Å². The van der Waals surface area contributed by atoms with Gasteiger partial charge in [-0.1, -0.05) is 54.6 Å². The number of phenols is 3. The van der Waals surface area contributed by atoms with Crippen molar-refractivity contribution in [1.82, 2.24) is 0 Å². The number of benzene rings is 3. The van der Waals surface area contributed by atoms with Gasteiger partial charge in [-0.3, -0.25) is 0 Å². The van der Waals surface area contributed by atoms with Crippen molar-refractivity contribution in [2.24, 2.45) is 0 Å². The van der Waals surface area contributed by atoms with Gasteiger partial charge in [-0.25, -0.2) is 0 Å². The SMILES string of the molecule is Oc1ccccc1.Oc1ccccc1Cc1ccccc1O. The second kappa shape index (κ2) is 7.74. The van der Waals surface area contributed by atoms with E-state index in [0.29, 0.717) is 12.2 Å². The fourth-order valence-corrected chi connectivity index (χ4v) is 1.95. The lowest BCUT2D eigenvalue weighted by molar-refractivity contribution is 0.463. The van der Waals surface area contributed by atoms with Crippen molar-refractivity contribution in [2.45, 2.75) is 6.42 Å². The highest BCUT2D eigenvalue weighted by molar-refractivity contribution is 5.41. The van der Waals surface area contributed by atoms with Crippen LogP contribution in [0.3, 0.4) is 0 Å². The fraction of sp³-hybridized carbons (Fsp3) is 0.0526. The van der Waals surface area contributed by atoms with Crippen LogP contribution in [0.15, 0.2) is 78.9 Å². The van der Waals surface area contributed by atoms with Crippen LogP contribution in [-0.2, 0) is 6.42 Å². The van der Waals surface area contributed by atoms with E-state index >= 15 is 0 Å². The minimum Gasteiger partial charge on any atom is -0.508 e. The highest BCUT2D eigenvalue weighted by atomic mass is 16.3. The molecular weight excluding hydrogens is 276 g/mol. The lowest BCUT2D eigenvalue weighted by Crippen LogP contribution is -1.88. The largest absolute Gasteiger partial charge is 0.508 e. The van der Waals surface area contributed by atoms with Crippen molar-refractivity contribution in [2.75, 3.05) is 0 Å². The molecule has 0 aliphatic heterocycles. The van der Waals surface area contributed by atoms with Crippen molar-refractivity contribution >= 4 is 0 Å². The van der Waals surface area contributed by atoms with E-state index < -0.39 is 0 Å². The van der Waals surface area contributed by atoms with Gasteiger partial charge in [0.25, 0.3) is 0 Å². The van der Waals surface area contributed by atoms with Gasteiger partial charge in [0.2, 0.25) is 0 Å². The summed E-state index contributed by atoms with van der Waals surface area (Å²) in [5.74, 6) is 0.851. The summed E-state index contributed by atoms with van der Waals surface area (Å²) in [4.78, 5) is 0. The molecule has 0 fully saturated rings. The van der Waals surface area contributed by atoms with Crippen LogP contribution in [0.1, 0.15) is 11.1 Å². The number of hydrogen-bond acceptors (Lipinski definition) is 3. The molecule has 0 radical (unpaired) electrons. The molecule has 0 aliphatic rings. The molecule has 112 valence electrons. The molecule has 0 atom stereocenters. The Morgan fingerprint density at radius 3 is 1.27 bits per heavy atom. The van der Waals surface area contributed by atoms with E-state index in [2.05, 4.69) is 0 Å². The zero-order valence-corrected chi connectivity index (χ0v) is 12.1. The van der Waals surface area contributed by atoms with E-state index in [1.807, 2.05) is 30.3 Å². The van der Waals surface area contributed by atoms with Gasteiger partial charge < -0.3 is 15.3 Å². The maximum atomic E-state index is 9.58. The number of hydrogen-bond donors (Lipinski definition) is 3. The minimum absolute atomic E-state index is 0.265. The highest BCUT2D eigenvalue weighted by Gasteiger charge is 2.04. The maximum absolute atomic E-state index is 9.58. The Hall–Kier alpha value is -2.94. The molecule has 0 bridgehead atoms. The van der Waals surface area contributed by atoms with E-state index in [1.54, 1.807) is 48.5 Å². The first-order valence-corrected chi connectivity index (χ1v) is 6.94. The summed E-state index contributed by atoms with van der Waals surface area (Å²) >= 11 is 0. The van der Waals surface area contributed by atoms with Crippen LogP contribution in [0.25, 0.3) is 0 Å². The average molecular weight is 294 g/mol. The monoisotopic (exact) mass is 294 g/mol. The molecule has 0 spiro atoms. The summed E-state index contributed by atoms with van der Waals surface area (Å²) in [6.45, 7) is 0. The lowest BCUT2D eigenvalue weighted by Gasteiger charge is -2.05. The van der Waals surface area contributed by atoms with Crippen LogP contribution in [0.2, 0.25) is 0 Å². The molecule has 0 heterocycles. The molecule has 3 heteroatoms. The zero-order valence-electron chi connectivity index (χ0n) is 12.1. The first-order chi connectivity index (χ1) is 10.7. The van der Waals surface area contributed by atoms with Gasteiger partial charge in [0, 0.05) is 6.42 Å². The third-order valence-corrected chi connectivity index (χ3v) is 3.12. The molecule has 3 rings (SSSR count). The van der Waals surface area contributed by atoms with Crippen LogP contribution in [-0.4, -0.2) is 15.3 Å². The summed E-state index contributed by atoms with van der Waals surface area (Å²) in [7, 11) is 0. The summed E-state index contributed by atoms with van der Waals surface area (Å²) in [5, 5.41) is 27.8. The minimum atomic E-state index is 0.265. The van der Waals surface area contributed by atoms with Gasteiger partial charge in [0.15, 0.2) is 0 Å². The molecule has 3 aromatic rings. The van der Waals surface area contributed by atoms with Gasteiger partial charge >= 0.3 is 0 Å². The van der Waals surface area contributed by atoms with E-state index in [-0.39, 0.29) is 11.5 Å². The molecular formula is C19H18O3. The molecule has 22 heavy (non-hydrogen) atoms. The fourth-order valence-electron chi connectivity index (χ4n) is 1.95. The zero-order chi connectivity index (χ0) is 15.8. The Morgan fingerprint density at radius 2 is 0.909 bits per heavy atom. The van der Waals surface area contributed by atoms with Crippen LogP contribution in [0, 0.1) is 0 Å². The third-order valence-electron chi connectivity index (χ3n) is 3.12. The summed E-state index contributed by atoms with van der Waals surface area (Å²) in [6, 6.07) is 23.0. The predicted octanol–water partition coefficient (Wildman–Crippen LogP) is 4.08. The Labute approximate surface area is 129 Å². The van der Waals surface area contributed by atoms with Crippen molar-refractivity contribution in [3.63, 3.8) is 0 Å². The first-order valence-electron chi connectivity index (χ1n) is 6.94. The molecule has 0 unspecified atom stereocenters. The number of phenolic OH excluding ortho intramolecular Hbond substituents is 3. The highest BCUT2D eigenvalue weighted by Crippen LogP contribution is 2.24. The molecule has 0 saturated carbocycles. The molecule has 0 amide bonds. The summed E-state index contributed by atoms with van der Waals surface area (Å²) < 4.78 is 0. The maximum Gasteiger partial charge on any atom is 0.119 e. The second-order valence-corrected chi connectivity index (χ2v) is 4.77. The predicted molar refractivity (Wildman–Crippen MR) is 87.1 cm³/mol. The van der Waals surface area contributed by atoms with Gasteiger partial charge in [-0.2, -0.15) is 0 Å². The third kappa shape index (κ3) is 4.56. The molecule has 3 nitrogen and oxygen atoms in total. The summed E-state index contributed by atoms with van der Waals surface area (Å²) in [6.07, 6.45) is 0.541. The summed E-state index contributed by atoms with van der Waals surface area (Å²) in [5.41, 5.74) is 1.64. The number of para-hydroxylation sites is 3. The van der Waals surface area contributed by atoms with Crippen LogP contribution < -0.4 is 0 Å². The van der Waals surface area contributed by atoms with Crippen LogP contribution in [0.4, 0.5) is 0 Å². The molecule has 3 aromatic carbocycles. The average Bonchev–Trinajstić information content (AvgIpc) is 2.53. The Bertz CT molecular complexity index is 665. The number of rotatable bonds is 2. The Balaban J connectivity index is 0.000000211. The molecule has 0 saturated heterocycles. The van der Waals surface area contributed by atoms with Gasteiger partial charge in [-0.15, -0.1) is 0 Å². The van der Waals surface area contributed by atoms with E-state index in [4.69, 9.17) is 5.11 Å².